The zero-order valence-electron chi connectivity index (χ0n) is 26.3. The molecule has 5 rings (SSSR count). The van der Waals surface area contributed by atoms with Crippen molar-refractivity contribution in [3.05, 3.63) is 65.0 Å². The lowest BCUT2D eigenvalue weighted by molar-refractivity contribution is -0.131. The summed E-state index contributed by atoms with van der Waals surface area (Å²) in [5, 5.41) is 46.0. The Balaban J connectivity index is 1.38. The molecule has 0 spiro atoms. The minimum atomic E-state index is -0.917. The average Bonchev–Trinajstić information content (AvgIpc) is 3.53. The number of aromatic hydroxyl groups is 3. The van der Waals surface area contributed by atoms with Gasteiger partial charge in [-0.3, -0.25) is 4.79 Å². The maximum Gasteiger partial charge on any atom is 0.200 e. The molecule has 0 saturated heterocycles. The van der Waals surface area contributed by atoms with E-state index < -0.39 is 17.4 Å². The van der Waals surface area contributed by atoms with E-state index in [2.05, 4.69) is 11.4 Å². The van der Waals surface area contributed by atoms with E-state index in [1.807, 2.05) is 6.08 Å². The molecule has 244 valence electrons. The number of benzene rings is 2. The zero-order chi connectivity index (χ0) is 32.0. The number of hydrogen-bond acceptors (Lipinski definition) is 9. The fraction of sp³-hybridized carbons (Fsp3) is 0.528. The summed E-state index contributed by atoms with van der Waals surface area (Å²) in [7, 11) is 1.50. The van der Waals surface area contributed by atoms with Gasteiger partial charge in [-0.1, -0.05) is 31.4 Å². The number of aryl methyl sites for hydroxylation is 2. The number of phenolic OH excluding ortho intramolecular Hbond substituents is 3. The van der Waals surface area contributed by atoms with Crippen molar-refractivity contribution in [3.63, 3.8) is 0 Å². The largest absolute Gasteiger partial charge is 0.504 e. The molecule has 2 atom stereocenters. The molecule has 0 amide bonds. The van der Waals surface area contributed by atoms with E-state index in [1.54, 1.807) is 24.3 Å². The van der Waals surface area contributed by atoms with Crippen LogP contribution < -0.4 is 20.5 Å². The van der Waals surface area contributed by atoms with Crippen LogP contribution in [0.4, 0.5) is 0 Å². The van der Waals surface area contributed by atoms with Crippen LogP contribution in [0.1, 0.15) is 81.8 Å². The van der Waals surface area contributed by atoms with E-state index in [0.29, 0.717) is 42.9 Å². The molecule has 2 saturated carbocycles. The maximum absolute atomic E-state index is 14.3. The number of methoxy groups -OCH3 is 1. The second kappa shape index (κ2) is 14.5. The number of aliphatic hydroxyl groups is 1. The lowest BCUT2D eigenvalue weighted by Gasteiger charge is -2.42. The number of Topliss-reactive ketones (excluding diaryl/α,β-unsaturated/α-hetero) is 1. The van der Waals surface area contributed by atoms with Crippen LogP contribution in [-0.4, -0.2) is 52.1 Å². The molecule has 7 N–H and O–H groups in total. The summed E-state index contributed by atoms with van der Waals surface area (Å²) in [5.41, 5.74) is 8.25. The van der Waals surface area contributed by atoms with Gasteiger partial charge in [0.05, 0.1) is 31.1 Å². The Morgan fingerprint density at radius 3 is 2.42 bits per heavy atom. The number of allylic oxidation sites excluding steroid dienone is 2. The molecular weight excluding hydrogens is 572 g/mol. The Morgan fingerprint density at radius 1 is 0.978 bits per heavy atom. The second-order valence-electron chi connectivity index (χ2n) is 12.9. The van der Waals surface area contributed by atoms with Crippen LogP contribution in [0.25, 0.3) is 0 Å². The summed E-state index contributed by atoms with van der Waals surface area (Å²) in [4.78, 5) is 14.3. The van der Waals surface area contributed by atoms with Crippen molar-refractivity contribution in [2.45, 2.75) is 95.7 Å². The van der Waals surface area contributed by atoms with Crippen molar-refractivity contribution in [1.29, 1.82) is 0 Å². The molecule has 0 aromatic heterocycles. The summed E-state index contributed by atoms with van der Waals surface area (Å²) >= 11 is 0. The molecular formula is C36H48N2O7. The minimum absolute atomic E-state index is 0.00465. The molecule has 2 aromatic rings. The zero-order valence-corrected chi connectivity index (χ0v) is 26.3. The summed E-state index contributed by atoms with van der Waals surface area (Å²) in [5.74, 6) is -0.0153. The highest BCUT2D eigenvalue weighted by molar-refractivity contribution is 5.83. The van der Waals surface area contributed by atoms with E-state index in [-0.39, 0.29) is 41.3 Å². The molecule has 9 nitrogen and oxygen atoms in total. The summed E-state index contributed by atoms with van der Waals surface area (Å²) in [6.07, 6.45) is 13.1. The van der Waals surface area contributed by atoms with Gasteiger partial charge < -0.3 is 41.0 Å². The van der Waals surface area contributed by atoms with Gasteiger partial charge in [-0.05, 0) is 105 Å². The van der Waals surface area contributed by atoms with E-state index in [0.717, 1.165) is 62.5 Å². The molecule has 2 aromatic carbocycles. The number of phenols is 3. The normalized spacial score (nSPS) is 19.6. The van der Waals surface area contributed by atoms with Gasteiger partial charge in [0.25, 0.3) is 0 Å². The Morgan fingerprint density at radius 2 is 1.71 bits per heavy atom. The van der Waals surface area contributed by atoms with Gasteiger partial charge in [0.1, 0.15) is 5.78 Å². The Labute approximate surface area is 265 Å². The average molecular weight is 621 g/mol. The predicted octanol–water partition coefficient (Wildman–Crippen LogP) is 5.53. The summed E-state index contributed by atoms with van der Waals surface area (Å²) < 4.78 is 11.4. The summed E-state index contributed by atoms with van der Waals surface area (Å²) in [6, 6.07) is 8.35. The van der Waals surface area contributed by atoms with Gasteiger partial charge in [0.2, 0.25) is 5.75 Å². The number of carbonyl (C=O) groups is 1. The Kier molecular flexibility index (Phi) is 10.5. The predicted molar refractivity (Wildman–Crippen MR) is 172 cm³/mol. The summed E-state index contributed by atoms with van der Waals surface area (Å²) in [6.45, 7) is 0.570. The van der Waals surface area contributed by atoms with E-state index in [4.69, 9.17) is 15.2 Å². The van der Waals surface area contributed by atoms with Gasteiger partial charge in [0, 0.05) is 18.4 Å². The number of nitrogens with one attached hydrogen (secondary N) is 1. The van der Waals surface area contributed by atoms with E-state index >= 15 is 0 Å². The number of ketones is 1. The highest BCUT2D eigenvalue weighted by Crippen LogP contribution is 2.53. The van der Waals surface area contributed by atoms with E-state index in [1.165, 1.54) is 19.6 Å². The van der Waals surface area contributed by atoms with Crippen molar-refractivity contribution in [2.75, 3.05) is 13.7 Å². The van der Waals surface area contributed by atoms with Crippen molar-refractivity contribution < 1.29 is 34.7 Å². The first kappa shape index (κ1) is 32.5. The molecule has 9 heteroatoms. The number of rotatable bonds is 13. The molecule has 2 fully saturated rings. The van der Waals surface area contributed by atoms with Gasteiger partial charge in [-0.2, -0.15) is 0 Å². The SMILES string of the molecule is COc1cc(CC[C@@H](O)[C@H](C(=O)CCc2cc(O)c(O)c(OC3CCCCC3)c2)C2(C3=CCNC(N)=C3)CCCC2)ccc1O. The number of nitrogens with two attached hydrogens (primary N) is 1. The lowest BCUT2D eigenvalue weighted by Crippen LogP contribution is -2.44. The molecule has 2 aliphatic carbocycles. The molecule has 3 aliphatic rings. The standard InChI is InChI=1S/C36H48N2O7/c1-44-31-20-23(9-12-27(31)39)10-13-28(40)34(36(16-5-6-17-36)25-15-18-38-33(37)22-25)29(41)14-11-24-19-30(42)35(43)32(21-24)45-26-7-3-2-4-8-26/h9,12,15,19-22,26,28,34,38-40,42-43H,2-8,10-11,13-14,16-18,37H2,1H3/t28-,34-/m1/s1. The molecule has 0 unspecified atom stereocenters. The Hall–Kier alpha value is -3.85. The molecule has 45 heavy (non-hydrogen) atoms. The number of ether oxygens (including phenoxy) is 2. The Bertz CT molecular complexity index is 1410. The second-order valence-corrected chi connectivity index (χ2v) is 12.9. The number of carbonyl (C=O) groups excluding carboxylic acids is 1. The van der Waals surface area contributed by atoms with E-state index in [9.17, 15) is 25.2 Å². The third kappa shape index (κ3) is 7.52. The van der Waals surface area contributed by atoms with Crippen LogP contribution in [0.2, 0.25) is 0 Å². The fourth-order valence-electron chi connectivity index (χ4n) is 7.61. The first-order chi connectivity index (χ1) is 21.7. The van der Waals surface area contributed by atoms with Gasteiger partial charge in [-0.15, -0.1) is 0 Å². The number of dihydropyridines is 1. The molecule has 0 bridgehead atoms. The topological polar surface area (TPSA) is 154 Å². The van der Waals surface area contributed by atoms with Crippen LogP contribution in [0.15, 0.2) is 53.9 Å². The first-order valence-corrected chi connectivity index (χ1v) is 16.4. The van der Waals surface area contributed by atoms with Crippen molar-refractivity contribution in [3.8, 4) is 28.7 Å². The number of aliphatic hydroxyl groups excluding tert-OH is 1. The lowest BCUT2D eigenvalue weighted by atomic mass is 9.63. The van der Waals surface area contributed by atoms with Crippen LogP contribution in [-0.2, 0) is 17.6 Å². The van der Waals surface area contributed by atoms with Gasteiger partial charge in [0.15, 0.2) is 23.0 Å². The van der Waals surface area contributed by atoms with Crippen LogP contribution in [0, 0.1) is 11.3 Å². The minimum Gasteiger partial charge on any atom is -0.504 e. The highest BCUT2D eigenvalue weighted by Gasteiger charge is 2.49. The smallest absolute Gasteiger partial charge is 0.200 e. The van der Waals surface area contributed by atoms with Crippen LogP contribution >= 0.6 is 0 Å². The first-order valence-electron chi connectivity index (χ1n) is 16.4. The fourth-order valence-corrected chi connectivity index (χ4v) is 7.61. The monoisotopic (exact) mass is 620 g/mol. The van der Waals surface area contributed by atoms with Crippen molar-refractivity contribution >= 4 is 5.78 Å². The third-order valence-electron chi connectivity index (χ3n) is 9.93. The van der Waals surface area contributed by atoms with Crippen molar-refractivity contribution in [2.24, 2.45) is 17.1 Å². The van der Waals surface area contributed by atoms with Crippen LogP contribution in [0.5, 0.6) is 28.7 Å². The van der Waals surface area contributed by atoms with Crippen LogP contribution in [0.3, 0.4) is 0 Å². The van der Waals surface area contributed by atoms with Crippen molar-refractivity contribution in [1.82, 2.24) is 5.32 Å². The van der Waals surface area contributed by atoms with Gasteiger partial charge in [-0.25, -0.2) is 0 Å². The molecule has 1 heterocycles. The maximum atomic E-state index is 14.3. The molecule has 1 aliphatic heterocycles. The molecule has 0 radical (unpaired) electrons. The number of hydrogen-bond donors (Lipinski definition) is 6. The highest BCUT2D eigenvalue weighted by atomic mass is 16.5. The quantitative estimate of drug-likeness (QED) is 0.159. The van der Waals surface area contributed by atoms with Gasteiger partial charge >= 0.3 is 0 Å². The third-order valence-corrected chi connectivity index (χ3v) is 9.93.